The second-order valence-corrected chi connectivity index (χ2v) is 6.86. The minimum absolute atomic E-state index is 0.227. The summed E-state index contributed by atoms with van der Waals surface area (Å²) in [7, 11) is -3.01. The number of piperidine rings is 1. The first-order valence-electron chi connectivity index (χ1n) is 5.75. The summed E-state index contributed by atoms with van der Waals surface area (Å²) < 4.78 is 30.8. The Kier molecular flexibility index (Phi) is 6.25. The van der Waals surface area contributed by atoms with Crippen molar-refractivity contribution < 1.29 is 13.2 Å². The predicted molar refractivity (Wildman–Crippen MR) is 68.4 cm³/mol. The average molecular weight is 314 g/mol. The van der Waals surface area contributed by atoms with Crippen LogP contribution in [0.25, 0.3) is 0 Å². The smallest absolute Gasteiger partial charge is 0.214 e. The van der Waals surface area contributed by atoms with E-state index in [1.54, 1.807) is 4.31 Å². The fourth-order valence-corrected chi connectivity index (χ4v) is 3.60. The Labute approximate surface area is 107 Å². The Morgan fingerprint density at radius 3 is 2.50 bits per heavy atom. The van der Waals surface area contributed by atoms with Crippen LogP contribution in [-0.4, -0.2) is 49.6 Å². The maximum absolute atomic E-state index is 11.8. The fourth-order valence-electron chi connectivity index (χ4n) is 1.88. The SMILES string of the molecule is CCCS(=O)(=O)N1CCC(OCCBr)CC1. The van der Waals surface area contributed by atoms with Gasteiger partial charge in [-0.1, -0.05) is 22.9 Å². The molecular weight excluding hydrogens is 294 g/mol. The van der Waals surface area contributed by atoms with Crippen molar-refractivity contribution >= 4 is 26.0 Å². The third-order valence-electron chi connectivity index (χ3n) is 2.69. The highest BCUT2D eigenvalue weighted by Gasteiger charge is 2.27. The van der Waals surface area contributed by atoms with Crippen molar-refractivity contribution in [2.45, 2.75) is 32.3 Å². The molecule has 0 aromatic rings. The van der Waals surface area contributed by atoms with Crippen molar-refractivity contribution in [1.29, 1.82) is 0 Å². The Hall–Kier alpha value is 0.350. The molecular formula is C10H20BrNO3S. The molecule has 4 nitrogen and oxygen atoms in total. The van der Waals surface area contributed by atoms with Crippen LogP contribution in [0.1, 0.15) is 26.2 Å². The zero-order valence-corrected chi connectivity index (χ0v) is 12.1. The molecule has 0 N–H and O–H groups in total. The second-order valence-electron chi connectivity index (χ2n) is 3.97. The molecule has 1 aliphatic heterocycles. The van der Waals surface area contributed by atoms with Crippen LogP contribution >= 0.6 is 15.9 Å². The highest BCUT2D eigenvalue weighted by atomic mass is 79.9. The van der Waals surface area contributed by atoms with E-state index in [0.29, 0.717) is 26.1 Å². The standard InChI is InChI=1S/C10H20BrNO3S/c1-2-9-16(13,14)12-6-3-10(4-7-12)15-8-5-11/h10H,2-9H2,1H3. The molecule has 0 aliphatic carbocycles. The van der Waals surface area contributed by atoms with Crippen LogP contribution in [-0.2, 0) is 14.8 Å². The zero-order chi connectivity index (χ0) is 12.0. The number of nitrogens with zero attached hydrogens (tertiary/aromatic N) is 1. The van der Waals surface area contributed by atoms with Gasteiger partial charge in [-0.3, -0.25) is 0 Å². The number of alkyl halides is 1. The van der Waals surface area contributed by atoms with E-state index in [9.17, 15) is 8.42 Å². The van der Waals surface area contributed by atoms with Gasteiger partial charge in [-0.2, -0.15) is 0 Å². The monoisotopic (exact) mass is 313 g/mol. The first-order valence-corrected chi connectivity index (χ1v) is 8.48. The molecule has 0 amide bonds. The summed E-state index contributed by atoms with van der Waals surface area (Å²) in [6, 6.07) is 0. The zero-order valence-electron chi connectivity index (χ0n) is 9.69. The average Bonchev–Trinajstić information content (AvgIpc) is 2.27. The van der Waals surface area contributed by atoms with Crippen molar-refractivity contribution in [3.8, 4) is 0 Å². The molecule has 6 heteroatoms. The van der Waals surface area contributed by atoms with Gasteiger partial charge in [0.05, 0.1) is 18.5 Å². The summed E-state index contributed by atoms with van der Waals surface area (Å²) in [6.07, 6.45) is 2.54. The number of ether oxygens (including phenoxy) is 1. The van der Waals surface area contributed by atoms with Gasteiger partial charge in [-0.25, -0.2) is 12.7 Å². The van der Waals surface area contributed by atoms with Crippen LogP contribution in [0.3, 0.4) is 0 Å². The van der Waals surface area contributed by atoms with Gasteiger partial charge in [-0.05, 0) is 19.3 Å². The largest absolute Gasteiger partial charge is 0.377 e. The molecule has 0 bridgehead atoms. The summed E-state index contributed by atoms with van der Waals surface area (Å²) >= 11 is 3.31. The maximum atomic E-state index is 11.8. The normalized spacial score (nSPS) is 20.1. The number of hydrogen-bond acceptors (Lipinski definition) is 3. The molecule has 0 saturated carbocycles. The van der Waals surface area contributed by atoms with Gasteiger partial charge in [0.2, 0.25) is 10.0 Å². The molecule has 0 spiro atoms. The summed E-state index contributed by atoms with van der Waals surface area (Å²) in [6.45, 7) is 3.81. The van der Waals surface area contributed by atoms with Gasteiger partial charge in [-0.15, -0.1) is 0 Å². The van der Waals surface area contributed by atoms with E-state index < -0.39 is 10.0 Å². The lowest BCUT2D eigenvalue weighted by molar-refractivity contribution is 0.0309. The molecule has 0 aromatic heterocycles. The van der Waals surface area contributed by atoms with Gasteiger partial charge >= 0.3 is 0 Å². The molecule has 0 aromatic carbocycles. The molecule has 16 heavy (non-hydrogen) atoms. The predicted octanol–water partition coefficient (Wildman–Crippen LogP) is 1.60. The topological polar surface area (TPSA) is 46.6 Å². The fraction of sp³-hybridized carbons (Fsp3) is 1.00. The van der Waals surface area contributed by atoms with Crippen molar-refractivity contribution in [2.24, 2.45) is 0 Å². The lowest BCUT2D eigenvalue weighted by Crippen LogP contribution is -2.41. The van der Waals surface area contributed by atoms with E-state index in [0.717, 1.165) is 18.2 Å². The van der Waals surface area contributed by atoms with E-state index in [-0.39, 0.29) is 11.9 Å². The van der Waals surface area contributed by atoms with Gasteiger partial charge < -0.3 is 4.74 Å². The second kappa shape index (κ2) is 6.93. The Bertz CT molecular complexity index is 286. The molecule has 0 unspecified atom stereocenters. The summed E-state index contributed by atoms with van der Waals surface area (Å²) in [5.74, 6) is 0.264. The minimum atomic E-state index is -3.01. The van der Waals surface area contributed by atoms with Crippen molar-refractivity contribution in [3.63, 3.8) is 0 Å². The molecule has 1 heterocycles. The quantitative estimate of drug-likeness (QED) is 0.700. The Morgan fingerprint density at radius 2 is 2.00 bits per heavy atom. The molecule has 1 aliphatic rings. The maximum Gasteiger partial charge on any atom is 0.214 e. The van der Waals surface area contributed by atoms with Gasteiger partial charge in [0.15, 0.2) is 0 Å². The molecule has 1 rings (SSSR count). The van der Waals surface area contributed by atoms with Gasteiger partial charge in [0.25, 0.3) is 0 Å². The van der Waals surface area contributed by atoms with E-state index >= 15 is 0 Å². The first-order chi connectivity index (χ1) is 7.60. The highest BCUT2D eigenvalue weighted by Crippen LogP contribution is 2.17. The molecule has 0 radical (unpaired) electrons. The summed E-state index contributed by atoms with van der Waals surface area (Å²) in [5, 5.41) is 0.835. The summed E-state index contributed by atoms with van der Waals surface area (Å²) in [4.78, 5) is 0. The van der Waals surface area contributed by atoms with Crippen LogP contribution in [0.2, 0.25) is 0 Å². The van der Waals surface area contributed by atoms with Gasteiger partial charge in [0, 0.05) is 18.4 Å². The minimum Gasteiger partial charge on any atom is -0.377 e. The van der Waals surface area contributed by atoms with Crippen LogP contribution < -0.4 is 0 Å². The first kappa shape index (κ1) is 14.4. The van der Waals surface area contributed by atoms with E-state index in [2.05, 4.69) is 15.9 Å². The number of halogens is 1. The molecule has 1 saturated heterocycles. The third kappa shape index (κ3) is 4.31. The summed E-state index contributed by atoms with van der Waals surface area (Å²) in [5.41, 5.74) is 0. The lowest BCUT2D eigenvalue weighted by Gasteiger charge is -2.31. The van der Waals surface area contributed by atoms with E-state index in [4.69, 9.17) is 4.74 Å². The molecule has 96 valence electrons. The Morgan fingerprint density at radius 1 is 1.38 bits per heavy atom. The lowest BCUT2D eigenvalue weighted by atomic mass is 10.1. The molecule has 1 fully saturated rings. The van der Waals surface area contributed by atoms with Crippen LogP contribution in [0.5, 0.6) is 0 Å². The van der Waals surface area contributed by atoms with Crippen LogP contribution in [0, 0.1) is 0 Å². The van der Waals surface area contributed by atoms with Crippen LogP contribution in [0.4, 0.5) is 0 Å². The third-order valence-corrected chi connectivity index (χ3v) is 5.09. The van der Waals surface area contributed by atoms with Gasteiger partial charge in [0.1, 0.15) is 0 Å². The number of hydrogen-bond donors (Lipinski definition) is 0. The van der Waals surface area contributed by atoms with E-state index in [1.165, 1.54) is 0 Å². The Balaban J connectivity index is 2.37. The highest BCUT2D eigenvalue weighted by molar-refractivity contribution is 9.09. The number of rotatable bonds is 6. The van der Waals surface area contributed by atoms with Crippen LogP contribution in [0.15, 0.2) is 0 Å². The van der Waals surface area contributed by atoms with Crippen molar-refractivity contribution in [1.82, 2.24) is 4.31 Å². The molecule has 0 atom stereocenters. The number of sulfonamides is 1. The van der Waals surface area contributed by atoms with Crippen molar-refractivity contribution in [2.75, 3.05) is 30.8 Å². The van der Waals surface area contributed by atoms with E-state index in [1.807, 2.05) is 6.92 Å². The van der Waals surface area contributed by atoms with Crippen molar-refractivity contribution in [3.05, 3.63) is 0 Å².